The van der Waals surface area contributed by atoms with Crippen molar-refractivity contribution >= 4 is 11.8 Å². The van der Waals surface area contributed by atoms with Gasteiger partial charge in [0.05, 0.1) is 6.61 Å². The zero-order valence-electron chi connectivity index (χ0n) is 11.8. The summed E-state index contributed by atoms with van der Waals surface area (Å²) in [7, 11) is 0. The second kappa shape index (κ2) is 6.64. The molecule has 0 amide bonds. The van der Waals surface area contributed by atoms with Crippen LogP contribution >= 0.6 is 11.8 Å². The summed E-state index contributed by atoms with van der Waals surface area (Å²) in [6.07, 6.45) is -3.39. The molecule has 5 nitrogen and oxygen atoms in total. The van der Waals surface area contributed by atoms with Gasteiger partial charge in [0.2, 0.25) is 0 Å². The topological polar surface area (TPSA) is 68.2 Å². The molecule has 116 valence electrons. The summed E-state index contributed by atoms with van der Waals surface area (Å²) in [4.78, 5) is 0. The molecule has 6 heteroatoms. The fourth-order valence-corrected chi connectivity index (χ4v) is 3.57. The van der Waals surface area contributed by atoms with Crippen molar-refractivity contribution < 1.29 is 24.4 Å². The second-order valence-electron chi connectivity index (χ2n) is 5.16. The molecule has 0 radical (unpaired) electrons. The largest absolute Gasteiger partial charge is 0.387 e. The van der Waals surface area contributed by atoms with Gasteiger partial charge in [0, 0.05) is 5.56 Å². The highest BCUT2D eigenvalue weighted by atomic mass is 32.2. The SMILES string of the molecule is CCS[C@@H]1O[C@@H]2CO[C@@H](c3ccccc3)O[C@@H]2[C@H](O)[C@H]1O. The first-order chi connectivity index (χ1) is 10.2. The maximum Gasteiger partial charge on any atom is 0.184 e. The van der Waals surface area contributed by atoms with Gasteiger partial charge in [-0.3, -0.25) is 0 Å². The number of ether oxygens (including phenoxy) is 3. The number of hydrogen-bond acceptors (Lipinski definition) is 6. The fraction of sp³-hybridized carbons (Fsp3) is 0.600. The van der Waals surface area contributed by atoms with E-state index in [1.165, 1.54) is 11.8 Å². The third-order valence-corrected chi connectivity index (χ3v) is 4.79. The normalized spacial score (nSPS) is 39.8. The molecule has 2 fully saturated rings. The number of fused-ring (bicyclic) bond motifs is 1. The molecule has 6 atom stereocenters. The molecule has 2 heterocycles. The summed E-state index contributed by atoms with van der Waals surface area (Å²) in [5.74, 6) is 0.806. The van der Waals surface area contributed by atoms with Gasteiger partial charge in [0.15, 0.2) is 6.29 Å². The molecule has 0 spiro atoms. The summed E-state index contributed by atoms with van der Waals surface area (Å²) >= 11 is 1.47. The highest BCUT2D eigenvalue weighted by Gasteiger charge is 2.48. The van der Waals surface area contributed by atoms with E-state index in [0.717, 1.165) is 11.3 Å². The molecule has 0 bridgehead atoms. The number of benzene rings is 1. The first-order valence-corrected chi connectivity index (χ1v) is 8.20. The Morgan fingerprint density at radius 3 is 2.62 bits per heavy atom. The summed E-state index contributed by atoms with van der Waals surface area (Å²) in [6.45, 7) is 2.33. The summed E-state index contributed by atoms with van der Waals surface area (Å²) in [5, 5.41) is 20.5. The van der Waals surface area contributed by atoms with E-state index in [1.54, 1.807) is 0 Å². The van der Waals surface area contributed by atoms with Crippen LogP contribution in [0.5, 0.6) is 0 Å². The standard InChI is InChI=1S/C15H20O5S/c1-2-21-15-12(17)11(16)13-10(19-15)8-18-14(20-13)9-6-4-3-5-7-9/h3-7,10-17H,2,8H2,1H3/t10-,11-,12-,13+,14-,15+/m1/s1. The molecule has 2 aliphatic heterocycles. The van der Waals surface area contributed by atoms with Crippen LogP contribution in [0, 0.1) is 0 Å². The minimum absolute atomic E-state index is 0.342. The maximum absolute atomic E-state index is 10.3. The minimum Gasteiger partial charge on any atom is -0.387 e. The minimum atomic E-state index is -0.970. The first-order valence-electron chi connectivity index (χ1n) is 7.16. The average Bonchev–Trinajstić information content (AvgIpc) is 2.53. The molecular weight excluding hydrogens is 292 g/mol. The van der Waals surface area contributed by atoms with Crippen LogP contribution in [-0.4, -0.2) is 52.4 Å². The van der Waals surface area contributed by atoms with Gasteiger partial charge in [-0.2, -0.15) is 0 Å². The van der Waals surface area contributed by atoms with Crippen molar-refractivity contribution in [3.63, 3.8) is 0 Å². The predicted octanol–water partition coefficient (Wildman–Crippen LogP) is 1.30. The Kier molecular flexibility index (Phi) is 4.83. The van der Waals surface area contributed by atoms with E-state index in [4.69, 9.17) is 14.2 Å². The Balaban J connectivity index is 1.71. The first kappa shape index (κ1) is 15.3. The molecule has 2 N–H and O–H groups in total. The van der Waals surface area contributed by atoms with Crippen molar-refractivity contribution in [1.82, 2.24) is 0 Å². The van der Waals surface area contributed by atoms with Crippen LogP contribution in [0.25, 0.3) is 0 Å². The lowest BCUT2D eigenvalue weighted by Gasteiger charge is -2.46. The molecule has 21 heavy (non-hydrogen) atoms. The van der Waals surface area contributed by atoms with Crippen LogP contribution in [-0.2, 0) is 14.2 Å². The van der Waals surface area contributed by atoms with E-state index in [2.05, 4.69) is 0 Å². The molecule has 3 rings (SSSR count). The van der Waals surface area contributed by atoms with Gasteiger partial charge >= 0.3 is 0 Å². The molecule has 1 aromatic rings. The molecule has 0 unspecified atom stereocenters. The van der Waals surface area contributed by atoms with Gasteiger partial charge in [-0.25, -0.2) is 0 Å². The number of rotatable bonds is 3. The molecular formula is C15H20O5S. The van der Waals surface area contributed by atoms with E-state index in [-0.39, 0.29) is 6.10 Å². The van der Waals surface area contributed by atoms with Gasteiger partial charge in [-0.05, 0) is 5.75 Å². The molecule has 2 aliphatic rings. The van der Waals surface area contributed by atoms with Crippen LogP contribution < -0.4 is 0 Å². The number of hydrogen-bond donors (Lipinski definition) is 2. The van der Waals surface area contributed by atoms with Crippen molar-refractivity contribution in [1.29, 1.82) is 0 Å². The number of thioether (sulfide) groups is 1. The molecule has 0 saturated carbocycles. The highest BCUT2D eigenvalue weighted by Crippen LogP contribution is 2.36. The van der Waals surface area contributed by atoms with Crippen LogP contribution in [0.3, 0.4) is 0 Å². The highest BCUT2D eigenvalue weighted by molar-refractivity contribution is 7.99. The van der Waals surface area contributed by atoms with Crippen molar-refractivity contribution in [3.8, 4) is 0 Å². The van der Waals surface area contributed by atoms with Gasteiger partial charge in [0.1, 0.15) is 29.9 Å². The Morgan fingerprint density at radius 2 is 1.90 bits per heavy atom. The third kappa shape index (κ3) is 3.11. The van der Waals surface area contributed by atoms with Crippen LogP contribution in [0.15, 0.2) is 30.3 Å². The van der Waals surface area contributed by atoms with Gasteiger partial charge < -0.3 is 24.4 Å². The Morgan fingerprint density at radius 1 is 1.14 bits per heavy atom. The molecule has 0 aromatic heterocycles. The number of aliphatic hydroxyl groups excluding tert-OH is 2. The van der Waals surface area contributed by atoms with E-state index >= 15 is 0 Å². The van der Waals surface area contributed by atoms with Crippen LogP contribution in [0.2, 0.25) is 0 Å². The lowest BCUT2D eigenvalue weighted by atomic mass is 9.99. The summed E-state index contributed by atoms with van der Waals surface area (Å²) in [6, 6.07) is 9.56. The zero-order chi connectivity index (χ0) is 14.8. The van der Waals surface area contributed by atoms with E-state index in [1.807, 2.05) is 37.3 Å². The lowest BCUT2D eigenvalue weighted by Crippen LogP contribution is -2.60. The Hall–Kier alpha value is -0.630. The predicted molar refractivity (Wildman–Crippen MR) is 78.8 cm³/mol. The van der Waals surface area contributed by atoms with Crippen molar-refractivity contribution in [2.24, 2.45) is 0 Å². The summed E-state index contributed by atoms with van der Waals surface area (Å²) < 4.78 is 17.3. The monoisotopic (exact) mass is 312 g/mol. The average molecular weight is 312 g/mol. The van der Waals surface area contributed by atoms with Gasteiger partial charge in [-0.1, -0.05) is 37.3 Å². The van der Waals surface area contributed by atoms with Crippen molar-refractivity contribution in [2.45, 2.75) is 43.1 Å². The van der Waals surface area contributed by atoms with Gasteiger partial charge in [-0.15, -0.1) is 11.8 Å². The van der Waals surface area contributed by atoms with Crippen molar-refractivity contribution in [2.75, 3.05) is 12.4 Å². The smallest absolute Gasteiger partial charge is 0.184 e. The lowest BCUT2D eigenvalue weighted by molar-refractivity contribution is -0.318. The molecule has 1 aromatic carbocycles. The molecule has 2 saturated heterocycles. The Bertz CT molecular complexity index is 455. The Labute approximate surface area is 128 Å². The third-order valence-electron chi connectivity index (χ3n) is 3.74. The summed E-state index contributed by atoms with van der Waals surface area (Å²) in [5.41, 5.74) is 0.453. The quantitative estimate of drug-likeness (QED) is 0.877. The van der Waals surface area contributed by atoms with Gasteiger partial charge in [0.25, 0.3) is 0 Å². The second-order valence-corrected chi connectivity index (χ2v) is 6.53. The van der Waals surface area contributed by atoms with E-state index < -0.39 is 30.0 Å². The zero-order valence-corrected chi connectivity index (χ0v) is 12.6. The van der Waals surface area contributed by atoms with E-state index in [9.17, 15) is 10.2 Å². The fourth-order valence-electron chi connectivity index (χ4n) is 2.66. The maximum atomic E-state index is 10.3. The van der Waals surface area contributed by atoms with Crippen molar-refractivity contribution in [3.05, 3.63) is 35.9 Å². The molecule has 0 aliphatic carbocycles. The number of aliphatic hydroxyl groups is 2. The van der Waals surface area contributed by atoms with E-state index in [0.29, 0.717) is 6.61 Å². The van der Waals surface area contributed by atoms with Crippen LogP contribution in [0.4, 0.5) is 0 Å². The van der Waals surface area contributed by atoms with Crippen LogP contribution in [0.1, 0.15) is 18.8 Å².